The quantitative estimate of drug-likeness (QED) is 0.0512. The molecule has 0 bridgehead atoms. The highest BCUT2D eigenvalue weighted by Gasteiger charge is 2.39. The number of methoxy groups -OCH3 is 2. The Morgan fingerprint density at radius 2 is 1.19 bits per heavy atom. The summed E-state index contributed by atoms with van der Waals surface area (Å²) < 4.78 is 73.7. The average molecular weight is 1150 g/mol. The van der Waals surface area contributed by atoms with E-state index in [9.17, 15) is 22.6 Å². The van der Waals surface area contributed by atoms with E-state index < -0.39 is 31.0 Å². The number of hydrogen-bond acceptors (Lipinski definition) is 23. The number of Topliss-reactive ketones (excluding diaryl/α,β-unsaturated/α-hetero) is 2. The maximum absolute atomic E-state index is 13.3. The van der Waals surface area contributed by atoms with E-state index in [0.717, 1.165) is 65.3 Å². The highest BCUT2D eigenvalue weighted by atomic mass is 32.2. The molecule has 1 saturated carbocycles. The van der Waals surface area contributed by atoms with Gasteiger partial charge in [-0.2, -0.15) is 23.4 Å². The van der Waals surface area contributed by atoms with Crippen LogP contribution in [-0.4, -0.2) is 97.8 Å². The summed E-state index contributed by atoms with van der Waals surface area (Å²) in [5, 5.41) is 26.7. The summed E-state index contributed by atoms with van der Waals surface area (Å²) in [6, 6.07) is 9.28. The third kappa shape index (κ3) is 14.4. The fourth-order valence-electron chi connectivity index (χ4n) is 9.86. The minimum Gasteiger partial charge on any atom is -0.494 e. The van der Waals surface area contributed by atoms with Gasteiger partial charge >= 0.3 is 10.6 Å². The molecule has 0 atom stereocenters. The Hall–Kier alpha value is -5.93. The second kappa shape index (κ2) is 24.8. The normalized spacial score (nSPS) is 16.1. The third-order valence-electron chi connectivity index (χ3n) is 13.3. The summed E-state index contributed by atoms with van der Waals surface area (Å²) in [6.45, 7) is 18.9. The van der Waals surface area contributed by atoms with Crippen molar-refractivity contribution in [1.29, 1.82) is 0 Å². The lowest BCUT2D eigenvalue weighted by molar-refractivity contribution is 0.0907. The fourth-order valence-corrected chi connectivity index (χ4v) is 14.2. The molecule has 0 saturated heterocycles. The number of thioether (sulfide) groups is 1. The number of carbonyl (C=O) groups is 2. The average Bonchev–Trinajstić information content (AvgIpc) is 3.95. The maximum Gasteiger partial charge on any atom is 0.425 e. The van der Waals surface area contributed by atoms with Crippen LogP contribution in [0.15, 0.2) is 60.8 Å². The predicted octanol–water partition coefficient (Wildman–Crippen LogP) is 13.0. The van der Waals surface area contributed by atoms with Crippen LogP contribution in [0.25, 0.3) is 0 Å². The monoisotopic (exact) mass is 1150 g/mol. The molecule has 1 fully saturated rings. The van der Waals surface area contributed by atoms with E-state index in [0.29, 0.717) is 71.3 Å². The van der Waals surface area contributed by atoms with Crippen LogP contribution in [-0.2, 0) is 33.6 Å². The first-order chi connectivity index (χ1) is 36.5. The molecular weight excluding hydrogens is 1090 g/mol. The smallest absolute Gasteiger partial charge is 0.425 e. The lowest BCUT2D eigenvalue weighted by atomic mass is 9.76. The number of ketones is 2. The molecular formula is C51H65N11O10S5. The van der Waals surface area contributed by atoms with E-state index in [1.165, 1.54) is 17.8 Å². The molecule has 3 aliphatic carbocycles. The first-order valence-corrected chi connectivity index (χ1v) is 30.3. The SMILES string of the molecule is CCN(CC)c1cc(Nc2nc(Nc3cc(N(CC)CC)c(OC)cc3N=Nc3sc4c(c3S(=O)(=O)O)CC(C)(C)CC4=O)nc(SC3CCCCC3)n2)c(N=Nc2cc3c(s2)C(=O)CC(C)(C)C3)cc1OC.O=S(=O)=O. The molecule has 0 spiro atoms. The van der Waals surface area contributed by atoms with E-state index in [1.807, 2.05) is 52.0 Å². The number of anilines is 6. The molecule has 0 aliphatic heterocycles. The van der Waals surface area contributed by atoms with Gasteiger partial charge in [-0.05, 0) is 93.5 Å². The van der Waals surface area contributed by atoms with Crippen LogP contribution in [0.2, 0.25) is 0 Å². The molecule has 3 N–H and O–H groups in total. The highest BCUT2D eigenvalue weighted by molar-refractivity contribution is 7.99. The predicted molar refractivity (Wildman–Crippen MR) is 302 cm³/mol. The van der Waals surface area contributed by atoms with Crippen molar-refractivity contribution >= 4 is 123 Å². The Kier molecular flexibility index (Phi) is 18.9. The zero-order valence-corrected chi connectivity index (χ0v) is 48.9. The number of benzene rings is 2. The molecule has 3 heterocycles. The van der Waals surface area contributed by atoms with Crippen LogP contribution in [0.3, 0.4) is 0 Å². The van der Waals surface area contributed by atoms with Crippen LogP contribution in [0.5, 0.6) is 11.5 Å². The molecule has 0 unspecified atom stereocenters. The fraction of sp³-hybridized carbons (Fsp3) is 0.510. The number of carbonyl (C=O) groups excluding carboxylic acids is 2. The molecule has 0 amide bonds. The van der Waals surface area contributed by atoms with Gasteiger partial charge in [-0.1, -0.05) is 58.7 Å². The number of nitrogens with one attached hydrogen (secondary N) is 2. The standard InChI is InChI=1S/C51H65N11O7S4.O3S/c1-11-61(12-2)36-21-32(34(23-40(36)68-9)57-59-42-20-29-25-50(5,6)27-38(63)43(29)71-42)52-47-54-48(56-49(55-47)70-30-18-16-15-17-19-30)53-33-22-37(62(13-3)14-4)41(69-10)24-35(33)58-60-46-45(73(65,66)67)31-26-51(7,8)28-39(64)44(31)72-46;1-4(2)3/h20-24,30H,11-19,25-28H2,1-10H3,(H,65,66,67)(H2,52,53,54,55,56);. The van der Waals surface area contributed by atoms with E-state index in [1.54, 1.807) is 32.0 Å². The summed E-state index contributed by atoms with van der Waals surface area (Å²) in [7, 11) is -4.74. The zero-order valence-electron chi connectivity index (χ0n) is 44.8. The number of nitrogens with zero attached hydrogens (tertiary/aromatic N) is 9. The van der Waals surface area contributed by atoms with Crippen molar-refractivity contribution in [3.8, 4) is 11.5 Å². The van der Waals surface area contributed by atoms with Crippen LogP contribution in [0.1, 0.15) is 131 Å². The van der Waals surface area contributed by atoms with Crippen LogP contribution >= 0.6 is 34.4 Å². The van der Waals surface area contributed by atoms with Crippen molar-refractivity contribution in [2.24, 2.45) is 31.3 Å². The van der Waals surface area contributed by atoms with Crippen LogP contribution in [0.4, 0.5) is 56.0 Å². The molecule has 26 heteroatoms. The Morgan fingerprint density at radius 1 is 0.701 bits per heavy atom. The summed E-state index contributed by atoms with van der Waals surface area (Å²) in [5.41, 5.74) is 3.80. The third-order valence-corrected chi connectivity index (χ3v) is 17.9. The molecule has 5 aromatic rings. The van der Waals surface area contributed by atoms with Crippen molar-refractivity contribution in [3.63, 3.8) is 0 Å². The maximum atomic E-state index is 13.3. The van der Waals surface area contributed by atoms with Crippen LogP contribution < -0.4 is 29.9 Å². The molecule has 3 aliphatic rings. The second-order valence-electron chi connectivity index (χ2n) is 20.3. The topological polar surface area (TPSA) is 277 Å². The molecule has 77 heavy (non-hydrogen) atoms. The van der Waals surface area contributed by atoms with E-state index in [2.05, 4.69) is 63.5 Å². The Morgan fingerprint density at radius 3 is 1.69 bits per heavy atom. The highest BCUT2D eigenvalue weighted by Crippen LogP contribution is 2.49. The van der Waals surface area contributed by atoms with Gasteiger partial charge in [0.2, 0.25) is 11.9 Å². The number of azo groups is 2. The lowest BCUT2D eigenvalue weighted by Gasteiger charge is -2.28. The number of rotatable bonds is 19. The first-order valence-electron chi connectivity index (χ1n) is 25.3. The lowest BCUT2D eigenvalue weighted by Crippen LogP contribution is -2.26. The first kappa shape index (κ1) is 58.7. The summed E-state index contributed by atoms with van der Waals surface area (Å²) in [5.74, 6) is 1.39. The van der Waals surface area contributed by atoms with Gasteiger partial charge in [0.25, 0.3) is 10.1 Å². The molecule has 2 aromatic carbocycles. The van der Waals surface area contributed by atoms with Gasteiger partial charge in [-0.15, -0.1) is 55.8 Å². The van der Waals surface area contributed by atoms with Crippen molar-refractivity contribution < 1.29 is 44.7 Å². The van der Waals surface area contributed by atoms with Gasteiger partial charge in [0.05, 0.1) is 46.7 Å². The Balaban J connectivity index is 0.00000208. The van der Waals surface area contributed by atoms with Gasteiger partial charge in [0, 0.05) is 56.4 Å². The molecule has 0 radical (unpaired) electrons. The molecule has 3 aromatic heterocycles. The number of ether oxygens (including phenoxy) is 2. The Bertz CT molecular complexity index is 3300. The summed E-state index contributed by atoms with van der Waals surface area (Å²) in [4.78, 5) is 46.2. The van der Waals surface area contributed by atoms with Gasteiger partial charge in [-0.3, -0.25) is 14.1 Å². The molecule has 8 rings (SSSR count). The number of thiophene rings is 2. The van der Waals surface area contributed by atoms with Gasteiger partial charge in [0.15, 0.2) is 21.7 Å². The second-order valence-corrected chi connectivity index (χ2v) is 25.3. The minimum absolute atomic E-state index is 0.109. The number of hydrogen-bond donors (Lipinski definition) is 3. The zero-order chi connectivity index (χ0) is 56.0. The van der Waals surface area contributed by atoms with E-state index in [4.69, 9.17) is 42.2 Å². The van der Waals surface area contributed by atoms with Crippen molar-refractivity contribution in [1.82, 2.24) is 15.0 Å². The molecule has 21 nitrogen and oxygen atoms in total. The van der Waals surface area contributed by atoms with Gasteiger partial charge in [-0.25, -0.2) is 0 Å². The Labute approximate surface area is 463 Å². The largest absolute Gasteiger partial charge is 0.494 e. The number of aromatic nitrogens is 3. The van der Waals surface area contributed by atoms with Crippen LogP contribution in [0, 0.1) is 10.8 Å². The van der Waals surface area contributed by atoms with Gasteiger partial charge in [0.1, 0.15) is 32.8 Å². The minimum atomic E-state index is -4.81. The van der Waals surface area contributed by atoms with Crippen molar-refractivity contribution in [3.05, 3.63) is 51.2 Å². The van der Waals surface area contributed by atoms with Gasteiger partial charge < -0.3 is 29.9 Å². The molecule has 414 valence electrons. The van der Waals surface area contributed by atoms with E-state index >= 15 is 0 Å². The van der Waals surface area contributed by atoms with Crippen molar-refractivity contribution in [2.45, 2.75) is 128 Å². The van der Waals surface area contributed by atoms with E-state index in [-0.39, 0.29) is 68.1 Å². The number of fused-ring (bicyclic) bond motifs is 2. The summed E-state index contributed by atoms with van der Waals surface area (Å²) in [6.07, 6.45) is 7.19. The van der Waals surface area contributed by atoms with Crippen molar-refractivity contribution in [2.75, 3.05) is 60.8 Å². The summed E-state index contributed by atoms with van der Waals surface area (Å²) >= 11 is 3.84.